The lowest BCUT2D eigenvalue weighted by Crippen LogP contribution is -2.37. The van der Waals surface area contributed by atoms with Crippen molar-refractivity contribution in [3.05, 3.63) is 29.1 Å². The molecule has 0 saturated heterocycles. The first-order chi connectivity index (χ1) is 9.28. The van der Waals surface area contributed by atoms with Crippen molar-refractivity contribution in [3.8, 4) is 17.0 Å². The summed E-state index contributed by atoms with van der Waals surface area (Å²) in [6.07, 6.45) is 5.90. The van der Waals surface area contributed by atoms with Gasteiger partial charge in [-0.1, -0.05) is 29.9 Å². The third kappa shape index (κ3) is 1.59. The van der Waals surface area contributed by atoms with Gasteiger partial charge in [0, 0.05) is 5.56 Å². The summed E-state index contributed by atoms with van der Waals surface area (Å²) < 4.78 is 6.42. The maximum absolute atomic E-state index is 6.42. The zero-order valence-corrected chi connectivity index (χ0v) is 11.5. The van der Waals surface area contributed by atoms with E-state index < -0.39 is 0 Å². The van der Waals surface area contributed by atoms with E-state index in [1.54, 1.807) is 11.3 Å². The van der Waals surface area contributed by atoms with Gasteiger partial charge < -0.3 is 10.5 Å². The Morgan fingerprint density at radius 1 is 1.16 bits per heavy atom. The van der Waals surface area contributed by atoms with E-state index in [4.69, 9.17) is 10.5 Å². The van der Waals surface area contributed by atoms with E-state index in [0.29, 0.717) is 5.13 Å². The molecule has 0 unspecified atom stereocenters. The Balaban J connectivity index is 1.94. The van der Waals surface area contributed by atoms with Crippen LogP contribution in [0.4, 0.5) is 5.13 Å². The fraction of sp³-hybridized carbons (Fsp3) is 0.400. The summed E-state index contributed by atoms with van der Waals surface area (Å²) in [6, 6.07) is 8.17. The molecule has 1 aromatic heterocycles. The third-order valence-electron chi connectivity index (χ3n) is 4.17. The monoisotopic (exact) mass is 272 g/mol. The molecule has 98 valence electrons. The Bertz CT molecular complexity index is 629. The quantitative estimate of drug-likeness (QED) is 0.790. The predicted molar refractivity (Wildman–Crippen MR) is 77.4 cm³/mol. The van der Waals surface area contributed by atoms with Gasteiger partial charge in [-0.05, 0) is 37.8 Å². The van der Waals surface area contributed by atoms with Crippen LogP contribution in [0.1, 0.15) is 37.0 Å². The summed E-state index contributed by atoms with van der Waals surface area (Å²) in [5, 5.41) is 0.648. The molecule has 19 heavy (non-hydrogen) atoms. The van der Waals surface area contributed by atoms with Crippen LogP contribution in [0.2, 0.25) is 0 Å². The van der Waals surface area contributed by atoms with Crippen LogP contribution in [0.3, 0.4) is 0 Å². The molecule has 1 fully saturated rings. The number of ether oxygens (including phenoxy) is 1. The summed E-state index contributed by atoms with van der Waals surface area (Å²) in [7, 11) is 0. The molecule has 0 atom stereocenters. The number of hydrogen-bond donors (Lipinski definition) is 1. The van der Waals surface area contributed by atoms with Crippen molar-refractivity contribution in [2.75, 3.05) is 5.73 Å². The first kappa shape index (κ1) is 11.3. The predicted octanol–water partition coefficient (Wildman–Crippen LogP) is 3.94. The molecule has 4 heteroatoms. The van der Waals surface area contributed by atoms with Crippen LogP contribution in [0.15, 0.2) is 24.3 Å². The second-order valence-electron chi connectivity index (χ2n) is 5.38. The summed E-state index contributed by atoms with van der Waals surface area (Å²) >= 11 is 1.60. The zero-order chi connectivity index (χ0) is 12.9. The molecule has 1 spiro atoms. The number of nitrogen functional groups attached to an aromatic ring is 1. The van der Waals surface area contributed by atoms with Gasteiger partial charge in [-0.3, -0.25) is 0 Å². The highest BCUT2D eigenvalue weighted by molar-refractivity contribution is 7.16. The highest BCUT2D eigenvalue weighted by Gasteiger charge is 2.44. The van der Waals surface area contributed by atoms with E-state index in [1.807, 2.05) is 18.2 Å². The molecule has 3 nitrogen and oxygen atoms in total. The number of hydrogen-bond acceptors (Lipinski definition) is 4. The van der Waals surface area contributed by atoms with Crippen LogP contribution in [0.25, 0.3) is 11.3 Å². The summed E-state index contributed by atoms with van der Waals surface area (Å²) in [6.45, 7) is 0. The third-order valence-corrected chi connectivity index (χ3v) is 5.24. The maximum Gasteiger partial charge on any atom is 0.180 e. The van der Waals surface area contributed by atoms with Crippen LogP contribution in [-0.2, 0) is 5.60 Å². The van der Waals surface area contributed by atoms with Gasteiger partial charge in [0.05, 0.1) is 10.6 Å². The molecule has 1 aromatic carbocycles. The molecule has 2 N–H and O–H groups in total. The van der Waals surface area contributed by atoms with Gasteiger partial charge in [0.2, 0.25) is 0 Å². The number of fused-ring (bicyclic) bond motifs is 4. The van der Waals surface area contributed by atoms with Crippen molar-refractivity contribution >= 4 is 16.5 Å². The second kappa shape index (κ2) is 3.97. The van der Waals surface area contributed by atoms with Crippen molar-refractivity contribution in [3.63, 3.8) is 0 Å². The number of nitrogens with two attached hydrogens (primary N) is 1. The maximum atomic E-state index is 6.42. The lowest BCUT2D eigenvalue weighted by Gasteiger charge is -2.40. The van der Waals surface area contributed by atoms with Crippen molar-refractivity contribution in [2.24, 2.45) is 0 Å². The highest BCUT2D eigenvalue weighted by atomic mass is 32.1. The van der Waals surface area contributed by atoms with Gasteiger partial charge in [0.1, 0.15) is 11.4 Å². The number of aromatic nitrogens is 1. The van der Waals surface area contributed by atoms with Crippen molar-refractivity contribution in [2.45, 2.75) is 37.7 Å². The fourth-order valence-corrected chi connectivity index (χ4v) is 4.32. The zero-order valence-electron chi connectivity index (χ0n) is 10.7. The van der Waals surface area contributed by atoms with E-state index >= 15 is 0 Å². The smallest absolute Gasteiger partial charge is 0.180 e. The van der Waals surface area contributed by atoms with Crippen LogP contribution in [0.5, 0.6) is 5.75 Å². The average Bonchev–Trinajstić information content (AvgIpc) is 2.83. The molecule has 2 aliphatic rings. The van der Waals surface area contributed by atoms with Crippen LogP contribution in [0, 0.1) is 0 Å². The molecule has 1 aliphatic heterocycles. The van der Waals surface area contributed by atoms with Gasteiger partial charge >= 0.3 is 0 Å². The Morgan fingerprint density at radius 2 is 1.95 bits per heavy atom. The fourth-order valence-electron chi connectivity index (χ4n) is 3.29. The minimum atomic E-state index is -0.169. The number of anilines is 1. The number of thiazole rings is 1. The molecule has 1 saturated carbocycles. The van der Waals surface area contributed by atoms with Gasteiger partial charge in [0.15, 0.2) is 5.13 Å². The summed E-state index contributed by atoms with van der Waals surface area (Å²) in [5.74, 6) is 0.960. The molecule has 4 rings (SSSR count). The van der Waals surface area contributed by atoms with E-state index in [0.717, 1.165) is 29.8 Å². The van der Waals surface area contributed by atoms with Crippen molar-refractivity contribution in [1.82, 2.24) is 4.98 Å². The van der Waals surface area contributed by atoms with E-state index in [2.05, 4.69) is 11.1 Å². The number of benzene rings is 1. The van der Waals surface area contributed by atoms with Crippen LogP contribution < -0.4 is 10.5 Å². The van der Waals surface area contributed by atoms with Crippen LogP contribution in [-0.4, -0.2) is 4.98 Å². The first-order valence-electron chi connectivity index (χ1n) is 6.84. The minimum absolute atomic E-state index is 0.169. The van der Waals surface area contributed by atoms with Gasteiger partial charge in [-0.25, -0.2) is 4.98 Å². The Labute approximate surface area is 116 Å². The van der Waals surface area contributed by atoms with Crippen molar-refractivity contribution < 1.29 is 4.74 Å². The number of nitrogens with zero attached hydrogens (tertiary/aromatic N) is 1. The summed E-state index contributed by atoms with van der Waals surface area (Å²) in [4.78, 5) is 5.80. The first-order valence-corrected chi connectivity index (χ1v) is 7.65. The lowest BCUT2D eigenvalue weighted by atomic mass is 9.80. The van der Waals surface area contributed by atoms with Gasteiger partial charge in [-0.15, -0.1) is 0 Å². The molecule has 0 amide bonds. The highest BCUT2D eigenvalue weighted by Crippen LogP contribution is 2.53. The number of rotatable bonds is 0. The van der Waals surface area contributed by atoms with Crippen LogP contribution >= 0.6 is 11.3 Å². The molecule has 0 bridgehead atoms. The normalized spacial score (nSPS) is 19.6. The van der Waals surface area contributed by atoms with Crippen molar-refractivity contribution in [1.29, 1.82) is 0 Å². The van der Waals surface area contributed by atoms with E-state index in [1.165, 1.54) is 24.1 Å². The molecule has 1 aliphatic carbocycles. The minimum Gasteiger partial charge on any atom is -0.481 e. The average molecular weight is 272 g/mol. The Kier molecular flexibility index (Phi) is 2.36. The second-order valence-corrected chi connectivity index (χ2v) is 6.41. The standard InChI is InChI=1S/C15H16N2OS/c16-14-17-12-10-6-2-3-7-11(10)18-15(13(12)19-14)8-4-1-5-9-15/h2-3,6-7H,1,4-5,8-9H2,(H2,16,17). The molecular formula is C15H16N2OS. The lowest BCUT2D eigenvalue weighted by molar-refractivity contribution is 0.0273. The topological polar surface area (TPSA) is 48.1 Å². The number of para-hydroxylation sites is 1. The Hall–Kier alpha value is -1.55. The largest absolute Gasteiger partial charge is 0.481 e. The SMILES string of the molecule is Nc1nc2c(s1)C1(CCCCC1)Oc1ccccc1-2. The molecule has 2 heterocycles. The molecular weight excluding hydrogens is 256 g/mol. The summed E-state index contributed by atoms with van der Waals surface area (Å²) in [5.41, 5.74) is 7.92. The van der Waals surface area contributed by atoms with Gasteiger partial charge in [0.25, 0.3) is 0 Å². The van der Waals surface area contributed by atoms with E-state index in [-0.39, 0.29) is 5.60 Å². The Morgan fingerprint density at radius 3 is 2.79 bits per heavy atom. The van der Waals surface area contributed by atoms with Gasteiger partial charge in [-0.2, -0.15) is 0 Å². The van der Waals surface area contributed by atoms with E-state index in [9.17, 15) is 0 Å². The molecule has 2 aromatic rings. The molecule has 0 radical (unpaired) electrons.